The van der Waals surface area contributed by atoms with Crippen LogP contribution >= 0.6 is 0 Å². The van der Waals surface area contributed by atoms with Crippen molar-refractivity contribution in [2.45, 2.75) is 26.7 Å². The second-order valence-corrected chi connectivity index (χ2v) is 7.66. The van der Waals surface area contributed by atoms with Gasteiger partial charge in [-0.3, -0.25) is 0 Å². The van der Waals surface area contributed by atoms with E-state index < -0.39 is 0 Å². The van der Waals surface area contributed by atoms with Gasteiger partial charge in [0.05, 0.1) is 0 Å². The zero-order valence-electron chi connectivity index (χ0n) is 17.8. The van der Waals surface area contributed by atoms with E-state index in [-0.39, 0.29) is 17.2 Å². The van der Waals surface area contributed by atoms with Crippen molar-refractivity contribution in [2.75, 3.05) is 0 Å². The van der Waals surface area contributed by atoms with Crippen LogP contribution in [0.25, 0.3) is 33.4 Å². The number of aromatic hydroxyl groups is 3. The number of hydrogen-bond acceptors (Lipinski definition) is 3. The molecule has 0 aromatic heterocycles. The monoisotopic (exact) mass is 410 g/mol. The molecule has 0 spiro atoms. The van der Waals surface area contributed by atoms with Crippen molar-refractivity contribution in [3.05, 3.63) is 90.0 Å². The van der Waals surface area contributed by atoms with Crippen molar-refractivity contribution in [1.82, 2.24) is 0 Å². The Morgan fingerprint density at radius 2 is 0.935 bits per heavy atom. The molecule has 0 amide bonds. The summed E-state index contributed by atoms with van der Waals surface area (Å²) in [5, 5.41) is 29.4. The molecule has 0 aliphatic carbocycles. The molecule has 4 aromatic carbocycles. The van der Waals surface area contributed by atoms with E-state index in [0.29, 0.717) is 0 Å². The van der Waals surface area contributed by atoms with E-state index in [2.05, 4.69) is 19.9 Å². The molecule has 3 heteroatoms. The molecule has 0 bridgehead atoms. The van der Waals surface area contributed by atoms with Gasteiger partial charge in [0, 0.05) is 0 Å². The summed E-state index contributed by atoms with van der Waals surface area (Å²) < 4.78 is 0. The van der Waals surface area contributed by atoms with E-state index in [0.717, 1.165) is 46.2 Å². The summed E-state index contributed by atoms with van der Waals surface area (Å²) in [6.45, 7) is 4.29. The third-order valence-corrected chi connectivity index (χ3v) is 5.74. The lowest BCUT2D eigenvalue weighted by molar-refractivity contribution is 0.475. The molecule has 0 heterocycles. The average Bonchev–Trinajstić information content (AvgIpc) is 2.79. The average molecular weight is 411 g/mol. The number of phenolic OH excluding ortho intramolecular Hbond substituents is 3. The largest absolute Gasteiger partial charge is 0.508 e. The van der Waals surface area contributed by atoms with E-state index >= 15 is 0 Å². The number of aryl methyl sites for hydroxylation is 1. The molecule has 31 heavy (non-hydrogen) atoms. The Morgan fingerprint density at radius 3 is 1.35 bits per heavy atom. The van der Waals surface area contributed by atoms with Crippen molar-refractivity contribution in [1.29, 1.82) is 0 Å². The fourth-order valence-corrected chi connectivity index (χ4v) is 4.23. The van der Waals surface area contributed by atoms with Gasteiger partial charge in [-0.2, -0.15) is 0 Å². The van der Waals surface area contributed by atoms with Crippen LogP contribution in [0.3, 0.4) is 0 Å². The van der Waals surface area contributed by atoms with Crippen LogP contribution < -0.4 is 0 Å². The highest BCUT2D eigenvalue weighted by Gasteiger charge is 2.20. The maximum atomic E-state index is 9.85. The maximum Gasteiger partial charge on any atom is 0.115 e. The summed E-state index contributed by atoms with van der Waals surface area (Å²) >= 11 is 0. The SMILES string of the molecule is CCc1cc(-c2ccc(O)cc2)c(CC)c(-c2ccc(O)cc2)c1-c1ccc(O)cc1. The van der Waals surface area contributed by atoms with Gasteiger partial charge in [0.15, 0.2) is 0 Å². The molecule has 3 N–H and O–H groups in total. The van der Waals surface area contributed by atoms with Gasteiger partial charge in [0.1, 0.15) is 17.2 Å². The predicted molar refractivity (Wildman–Crippen MR) is 127 cm³/mol. The standard InChI is InChI=1S/C28H26O3/c1-3-18-17-26(19-5-11-22(29)12-6-19)25(4-2)28(21-9-15-24(31)16-10-21)27(18)20-7-13-23(30)14-8-20/h5-17,29-31H,3-4H2,1-2H3. The third-order valence-electron chi connectivity index (χ3n) is 5.74. The number of benzene rings is 4. The molecule has 0 atom stereocenters. The summed E-state index contributed by atoms with van der Waals surface area (Å²) in [6, 6.07) is 24.3. The van der Waals surface area contributed by atoms with Gasteiger partial charge in [0.2, 0.25) is 0 Å². The van der Waals surface area contributed by atoms with Crippen LogP contribution in [-0.2, 0) is 12.8 Å². The maximum absolute atomic E-state index is 9.85. The summed E-state index contributed by atoms with van der Waals surface area (Å²) in [4.78, 5) is 0. The van der Waals surface area contributed by atoms with Gasteiger partial charge in [-0.1, -0.05) is 56.3 Å². The molecule has 4 rings (SSSR count). The first-order valence-electron chi connectivity index (χ1n) is 10.6. The lowest BCUT2D eigenvalue weighted by Gasteiger charge is -2.23. The number of rotatable bonds is 5. The minimum absolute atomic E-state index is 0.235. The molecule has 0 fully saturated rings. The molecular weight excluding hydrogens is 384 g/mol. The fourth-order valence-electron chi connectivity index (χ4n) is 4.23. The lowest BCUT2D eigenvalue weighted by atomic mass is 9.81. The highest BCUT2D eigenvalue weighted by Crippen LogP contribution is 2.43. The molecular formula is C28H26O3. The van der Waals surface area contributed by atoms with Crippen LogP contribution in [0.4, 0.5) is 0 Å². The van der Waals surface area contributed by atoms with Crippen LogP contribution in [0.1, 0.15) is 25.0 Å². The van der Waals surface area contributed by atoms with Gasteiger partial charge in [-0.05, 0) is 93.7 Å². The third kappa shape index (κ3) is 3.99. The lowest BCUT2D eigenvalue weighted by Crippen LogP contribution is -2.01. The molecule has 156 valence electrons. The van der Waals surface area contributed by atoms with Crippen molar-refractivity contribution in [3.8, 4) is 50.6 Å². The van der Waals surface area contributed by atoms with E-state index in [1.807, 2.05) is 36.4 Å². The first-order chi connectivity index (χ1) is 15.0. The predicted octanol–water partition coefficient (Wildman–Crippen LogP) is 6.93. The summed E-state index contributed by atoms with van der Waals surface area (Å²) in [5.41, 5.74) is 8.97. The van der Waals surface area contributed by atoms with Crippen molar-refractivity contribution < 1.29 is 15.3 Å². The zero-order valence-corrected chi connectivity index (χ0v) is 17.8. The topological polar surface area (TPSA) is 60.7 Å². The quantitative estimate of drug-likeness (QED) is 0.334. The molecule has 3 nitrogen and oxygen atoms in total. The van der Waals surface area contributed by atoms with Gasteiger partial charge >= 0.3 is 0 Å². The Labute approximate surface area is 182 Å². The first kappa shape index (κ1) is 20.5. The smallest absolute Gasteiger partial charge is 0.115 e. The first-order valence-corrected chi connectivity index (χ1v) is 10.6. The van der Waals surface area contributed by atoms with Crippen molar-refractivity contribution >= 4 is 0 Å². The van der Waals surface area contributed by atoms with Crippen LogP contribution in [0, 0.1) is 0 Å². The second kappa shape index (κ2) is 8.57. The van der Waals surface area contributed by atoms with Crippen molar-refractivity contribution in [2.24, 2.45) is 0 Å². The minimum atomic E-state index is 0.235. The van der Waals surface area contributed by atoms with Gasteiger partial charge < -0.3 is 15.3 Å². The Morgan fingerprint density at radius 1 is 0.516 bits per heavy atom. The Hall–Kier alpha value is -3.72. The molecule has 0 aliphatic heterocycles. The van der Waals surface area contributed by atoms with E-state index in [4.69, 9.17) is 0 Å². The number of hydrogen-bond donors (Lipinski definition) is 3. The Balaban J connectivity index is 2.09. The molecule has 4 aromatic rings. The zero-order chi connectivity index (χ0) is 22.0. The summed E-state index contributed by atoms with van der Waals surface area (Å²) in [6.07, 6.45) is 1.66. The highest BCUT2D eigenvalue weighted by molar-refractivity contribution is 5.93. The van der Waals surface area contributed by atoms with Crippen LogP contribution in [-0.4, -0.2) is 15.3 Å². The molecule has 0 saturated carbocycles. The van der Waals surface area contributed by atoms with Crippen LogP contribution in [0.2, 0.25) is 0 Å². The normalized spacial score (nSPS) is 10.9. The second-order valence-electron chi connectivity index (χ2n) is 7.66. The summed E-state index contributed by atoms with van der Waals surface area (Å²) in [5.74, 6) is 0.722. The highest BCUT2D eigenvalue weighted by atomic mass is 16.3. The molecule has 0 radical (unpaired) electrons. The Kier molecular flexibility index (Phi) is 5.68. The van der Waals surface area contributed by atoms with E-state index in [1.165, 1.54) is 11.1 Å². The summed E-state index contributed by atoms with van der Waals surface area (Å²) in [7, 11) is 0. The molecule has 0 unspecified atom stereocenters. The fraction of sp³-hybridized carbons (Fsp3) is 0.143. The van der Waals surface area contributed by atoms with Crippen LogP contribution in [0.5, 0.6) is 17.2 Å². The van der Waals surface area contributed by atoms with Gasteiger partial charge in [-0.15, -0.1) is 0 Å². The van der Waals surface area contributed by atoms with E-state index in [1.54, 1.807) is 36.4 Å². The van der Waals surface area contributed by atoms with Crippen LogP contribution in [0.15, 0.2) is 78.9 Å². The van der Waals surface area contributed by atoms with Crippen molar-refractivity contribution in [3.63, 3.8) is 0 Å². The molecule has 0 saturated heterocycles. The van der Waals surface area contributed by atoms with Gasteiger partial charge in [-0.25, -0.2) is 0 Å². The Bertz CT molecular complexity index is 1190. The molecule has 0 aliphatic rings. The minimum Gasteiger partial charge on any atom is -0.508 e. The number of phenols is 3. The van der Waals surface area contributed by atoms with E-state index in [9.17, 15) is 15.3 Å². The van der Waals surface area contributed by atoms with Gasteiger partial charge in [0.25, 0.3) is 0 Å².